The molecule has 0 bridgehead atoms. The Balaban J connectivity index is 0.000000396. The summed E-state index contributed by atoms with van der Waals surface area (Å²) < 4.78 is 31.7. The molecule has 0 spiro atoms. The third-order valence-electron chi connectivity index (χ3n) is 5.28. The average molecular weight is 418 g/mol. The molecule has 0 saturated carbocycles. The van der Waals surface area contributed by atoms with E-state index in [2.05, 4.69) is 53.4 Å². The molecule has 30 heavy (non-hydrogen) atoms. The van der Waals surface area contributed by atoms with Crippen molar-refractivity contribution in [3.8, 4) is 6.07 Å². The van der Waals surface area contributed by atoms with Gasteiger partial charge in [0.05, 0.1) is 11.5 Å². The molecular weight excluding hydrogens is 393 g/mol. The number of aliphatic carboxylic acids is 1. The van der Waals surface area contributed by atoms with E-state index in [0.717, 1.165) is 38.9 Å². The van der Waals surface area contributed by atoms with E-state index in [1.807, 2.05) is 18.2 Å². The molecule has 1 fully saturated rings. The molecule has 0 amide bonds. The number of nitriles is 1. The molecule has 1 aliphatic rings. The lowest BCUT2D eigenvalue weighted by Crippen LogP contribution is -2.42. The van der Waals surface area contributed by atoms with Gasteiger partial charge in [-0.3, -0.25) is 0 Å². The molecule has 1 N–H and O–H groups in total. The van der Waals surface area contributed by atoms with Crippen molar-refractivity contribution in [1.29, 1.82) is 5.26 Å². The molecule has 0 aromatic heterocycles. The second kappa shape index (κ2) is 10.8. The van der Waals surface area contributed by atoms with Gasteiger partial charge in [0.2, 0.25) is 0 Å². The topological polar surface area (TPSA) is 64.3 Å². The molecular formula is C23H25F3N2O2. The highest BCUT2D eigenvalue weighted by Gasteiger charge is 2.38. The fourth-order valence-corrected chi connectivity index (χ4v) is 3.53. The van der Waals surface area contributed by atoms with E-state index >= 15 is 0 Å². The zero-order valence-electron chi connectivity index (χ0n) is 16.6. The predicted octanol–water partition coefficient (Wildman–Crippen LogP) is 4.81. The summed E-state index contributed by atoms with van der Waals surface area (Å²) in [7, 11) is 0. The van der Waals surface area contributed by atoms with Crippen LogP contribution < -0.4 is 0 Å². The van der Waals surface area contributed by atoms with E-state index in [9.17, 15) is 18.4 Å². The summed E-state index contributed by atoms with van der Waals surface area (Å²) in [5, 5.41) is 16.9. The summed E-state index contributed by atoms with van der Waals surface area (Å²) in [6.45, 7) is 3.18. The normalized spacial score (nSPS) is 16.1. The summed E-state index contributed by atoms with van der Waals surface area (Å²) in [5.41, 5.74) is 2.32. The van der Waals surface area contributed by atoms with E-state index in [4.69, 9.17) is 9.90 Å². The van der Waals surface area contributed by atoms with Gasteiger partial charge in [0.15, 0.2) is 0 Å². The van der Waals surface area contributed by atoms with Gasteiger partial charge in [0.25, 0.3) is 0 Å². The standard InChI is InChI=1S/C21H24N2.C2HF3O2/c22-18-21(20-11-5-2-6-12-20)13-16-23(17-14-21)15-7-10-19-8-3-1-4-9-19;3-2(4,5)1(6)7/h1-6,8-9,11-12H,7,10,13-17H2;(H,6,7). The molecule has 3 rings (SSSR count). The van der Waals surface area contributed by atoms with Crippen LogP contribution in [-0.4, -0.2) is 41.8 Å². The second-order valence-electron chi connectivity index (χ2n) is 7.29. The summed E-state index contributed by atoms with van der Waals surface area (Å²) in [5.74, 6) is -2.76. The fourth-order valence-electron chi connectivity index (χ4n) is 3.53. The van der Waals surface area contributed by atoms with Crippen LogP contribution >= 0.6 is 0 Å². The Morgan fingerprint density at radius 1 is 1.03 bits per heavy atom. The Morgan fingerprint density at radius 3 is 2.00 bits per heavy atom. The lowest BCUT2D eigenvalue weighted by molar-refractivity contribution is -0.192. The number of piperidine rings is 1. The van der Waals surface area contributed by atoms with E-state index in [-0.39, 0.29) is 5.41 Å². The number of rotatable bonds is 5. The number of hydrogen-bond acceptors (Lipinski definition) is 3. The first-order chi connectivity index (χ1) is 14.3. The molecule has 2 aromatic carbocycles. The van der Waals surface area contributed by atoms with Crippen LogP contribution in [0.25, 0.3) is 0 Å². The lowest BCUT2D eigenvalue weighted by Gasteiger charge is -2.37. The highest BCUT2D eigenvalue weighted by Crippen LogP contribution is 2.34. The first kappa shape index (κ1) is 23.4. The first-order valence-electron chi connectivity index (χ1n) is 9.80. The van der Waals surface area contributed by atoms with Crippen LogP contribution in [0.2, 0.25) is 0 Å². The predicted molar refractivity (Wildman–Crippen MR) is 108 cm³/mol. The van der Waals surface area contributed by atoms with Crippen LogP contribution in [0, 0.1) is 11.3 Å². The van der Waals surface area contributed by atoms with Crippen molar-refractivity contribution in [3.63, 3.8) is 0 Å². The number of carboxylic acid groups (broad SMARTS) is 1. The number of carbonyl (C=O) groups is 1. The van der Waals surface area contributed by atoms with E-state index < -0.39 is 12.1 Å². The van der Waals surface area contributed by atoms with Gasteiger partial charge >= 0.3 is 12.1 Å². The molecule has 1 saturated heterocycles. The largest absolute Gasteiger partial charge is 0.490 e. The average Bonchev–Trinajstić information content (AvgIpc) is 2.75. The van der Waals surface area contributed by atoms with Gasteiger partial charge in [-0.05, 0) is 56.4 Å². The number of halogens is 3. The number of hydrogen-bond donors (Lipinski definition) is 1. The van der Waals surface area contributed by atoms with Crippen molar-refractivity contribution >= 4 is 5.97 Å². The van der Waals surface area contributed by atoms with Gasteiger partial charge < -0.3 is 10.0 Å². The Hall–Kier alpha value is -2.85. The van der Waals surface area contributed by atoms with Gasteiger partial charge in [0, 0.05) is 0 Å². The minimum Gasteiger partial charge on any atom is -0.475 e. The maximum absolute atomic E-state index is 10.6. The SMILES string of the molecule is N#CC1(c2ccccc2)CCN(CCCc2ccccc2)CC1.O=C(O)C(F)(F)F. The number of carboxylic acids is 1. The molecule has 2 aromatic rings. The van der Waals surface area contributed by atoms with E-state index in [0.29, 0.717) is 0 Å². The highest BCUT2D eigenvalue weighted by atomic mass is 19.4. The molecule has 0 aliphatic carbocycles. The minimum absolute atomic E-state index is 0.281. The molecule has 0 radical (unpaired) electrons. The third-order valence-corrected chi connectivity index (χ3v) is 5.28. The van der Waals surface area contributed by atoms with Crippen LogP contribution in [-0.2, 0) is 16.6 Å². The highest BCUT2D eigenvalue weighted by molar-refractivity contribution is 5.73. The van der Waals surface area contributed by atoms with Crippen LogP contribution in [0.5, 0.6) is 0 Å². The summed E-state index contributed by atoms with van der Waals surface area (Å²) >= 11 is 0. The van der Waals surface area contributed by atoms with Crippen LogP contribution in [0.1, 0.15) is 30.4 Å². The number of aryl methyl sites for hydroxylation is 1. The van der Waals surface area contributed by atoms with Crippen LogP contribution in [0.15, 0.2) is 60.7 Å². The molecule has 0 unspecified atom stereocenters. The van der Waals surface area contributed by atoms with Crippen LogP contribution in [0.3, 0.4) is 0 Å². The Morgan fingerprint density at radius 2 is 1.53 bits per heavy atom. The first-order valence-corrected chi connectivity index (χ1v) is 9.80. The zero-order chi connectivity index (χ0) is 22.0. The Bertz CT molecular complexity index is 825. The van der Waals surface area contributed by atoms with Gasteiger partial charge in [0.1, 0.15) is 0 Å². The monoisotopic (exact) mass is 418 g/mol. The molecule has 4 nitrogen and oxygen atoms in total. The maximum Gasteiger partial charge on any atom is 0.490 e. The van der Waals surface area contributed by atoms with Gasteiger partial charge in [-0.15, -0.1) is 0 Å². The van der Waals surface area contributed by atoms with E-state index in [1.54, 1.807) is 0 Å². The van der Waals surface area contributed by atoms with Crippen molar-refractivity contribution in [2.24, 2.45) is 0 Å². The molecule has 0 atom stereocenters. The Kier molecular flexibility index (Phi) is 8.43. The fraction of sp³-hybridized carbons (Fsp3) is 0.391. The maximum atomic E-state index is 10.6. The van der Waals surface area contributed by atoms with Crippen molar-refractivity contribution in [1.82, 2.24) is 4.90 Å². The summed E-state index contributed by atoms with van der Waals surface area (Å²) in [6.07, 6.45) is -0.869. The van der Waals surface area contributed by atoms with Crippen molar-refractivity contribution in [2.45, 2.75) is 37.3 Å². The molecule has 1 aliphatic heterocycles. The Labute approximate surface area is 174 Å². The quantitative estimate of drug-likeness (QED) is 0.757. The van der Waals surface area contributed by atoms with Gasteiger partial charge in [-0.1, -0.05) is 60.7 Å². The van der Waals surface area contributed by atoms with Crippen molar-refractivity contribution in [3.05, 3.63) is 71.8 Å². The van der Waals surface area contributed by atoms with E-state index in [1.165, 1.54) is 17.5 Å². The van der Waals surface area contributed by atoms with Gasteiger partial charge in [-0.25, -0.2) is 4.79 Å². The third kappa shape index (κ3) is 6.89. The summed E-state index contributed by atoms with van der Waals surface area (Å²) in [6, 6.07) is 23.6. The van der Waals surface area contributed by atoms with Gasteiger partial charge in [-0.2, -0.15) is 18.4 Å². The number of likely N-dealkylation sites (tertiary alicyclic amines) is 1. The number of alkyl halides is 3. The number of benzene rings is 2. The van der Waals surface area contributed by atoms with Crippen molar-refractivity contribution in [2.75, 3.05) is 19.6 Å². The van der Waals surface area contributed by atoms with Crippen molar-refractivity contribution < 1.29 is 23.1 Å². The minimum atomic E-state index is -5.08. The molecule has 160 valence electrons. The lowest BCUT2D eigenvalue weighted by atomic mass is 9.74. The molecule has 1 heterocycles. The molecule has 7 heteroatoms. The smallest absolute Gasteiger partial charge is 0.475 e. The summed E-state index contributed by atoms with van der Waals surface area (Å²) in [4.78, 5) is 11.4. The second-order valence-corrected chi connectivity index (χ2v) is 7.29. The van der Waals surface area contributed by atoms with Crippen LogP contribution in [0.4, 0.5) is 13.2 Å². The zero-order valence-corrected chi connectivity index (χ0v) is 16.6. The number of nitrogens with zero attached hydrogens (tertiary/aromatic N) is 2.